The van der Waals surface area contributed by atoms with E-state index in [-0.39, 0.29) is 13.5 Å². The van der Waals surface area contributed by atoms with Crippen LogP contribution >= 0.6 is 0 Å². The Kier molecular flexibility index (Phi) is 7.09. The van der Waals surface area contributed by atoms with Gasteiger partial charge >= 0.3 is 6.09 Å². The second kappa shape index (κ2) is 7.54. The average Bonchev–Trinajstić information content (AvgIpc) is 2.17. The molecule has 1 unspecified atom stereocenters. The van der Waals surface area contributed by atoms with Gasteiger partial charge in [-0.15, -0.1) is 0 Å². The third kappa shape index (κ3) is 5.00. The highest BCUT2D eigenvalue weighted by molar-refractivity contribution is 5.67. The van der Waals surface area contributed by atoms with Crippen molar-refractivity contribution in [2.75, 3.05) is 34.8 Å². The van der Waals surface area contributed by atoms with Crippen LogP contribution in [-0.2, 0) is 18.9 Å². The molecule has 0 heterocycles. The van der Waals surface area contributed by atoms with E-state index in [1.165, 1.54) is 26.2 Å². The summed E-state index contributed by atoms with van der Waals surface area (Å²) >= 11 is 0. The summed E-state index contributed by atoms with van der Waals surface area (Å²) in [7, 11) is 4.42. The van der Waals surface area contributed by atoms with Crippen molar-refractivity contribution in [1.82, 2.24) is 4.90 Å². The van der Waals surface area contributed by atoms with Crippen molar-refractivity contribution in [2.24, 2.45) is 0 Å². The number of nitrogens with zero attached hydrogens (tertiary/aromatic N) is 1. The van der Waals surface area contributed by atoms with E-state index in [2.05, 4.69) is 0 Å². The highest BCUT2D eigenvalue weighted by Gasteiger charge is 2.16. The molecule has 0 radical (unpaired) electrons. The van der Waals surface area contributed by atoms with Crippen molar-refractivity contribution in [1.29, 1.82) is 0 Å². The number of carbonyl (C=O) groups is 1. The van der Waals surface area contributed by atoms with Crippen molar-refractivity contribution in [3.8, 4) is 0 Å². The van der Waals surface area contributed by atoms with Gasteiger partial charge in [0.25, 0.3) is 0 Å². The number of methoxy groups -OCH3 is 3. The third-order valence-electron chi connectivity index (χ3n) is 1.43. The summed E-state index contributed by atoms with van der Waals surface area (Å²) in [6.07, 6.45) is -1.12. The maximum Gasteiger partial charge on any atom is 0.415 e. The number of rotatable bonds is 6. The minimum Gasteiger partial charge on any atom is -0.420 e. The van der Waals surface area contributed by atoms with Gasteiger partial charge in [0.2, 0.25) is 6.29 Å². The van der Waals surface area contributed by atoms with Crippen LogP contribution in [0.1, 0.15) is 6.92 Å². The van der Waals surface area contributed by atoms with Crippen LogP contribution in [0.5, 0.6) is 0 Å². The zero-order valence-electron chi connectivity index (χ0n) is 8.98. The molecule has 0 fully saturated rings. The largest absolute Gasteiger partial charge is 0.420 e. The van der Waals surface area contributed by atoms with Crippen LogP contribution in [-0.4, -0.2) is 52.1 Å². The molecule has 0 rings (SSSR count). The Morgan fingerprint density at radius 3 is 2.07 bits per heavy atom. The molecular formula is C8H17NO5. The van der Waals surface area contributed by atoms with E-state index in [0.717, 1.165) is 0 Å². The summed E-state index contributed by atoms with van der Waals surface area (Å²) in [6, 6.07) is 0. The lowest BCUT2D eigenvalue weighted by atomic mass is 10.7. The van der Waals surface area contributed by atoms with Crippen molar-refractivity contribution < 1.29 is 23.7 Å². The highest BCUT2D eigenvalue weighted by Crippen LogP contribution is 1.99. The standard InChI is InChI=1S/C8H17NO5/c1-7(13-4)14-8(10)9(5-11-2)6-12-3/h7H,5-6H2,1-4H3. The molecule has 6 nitrogen and oxygen atoms in total. The van der Waals surface area contributed by atoms with Gasteiger partial charge in [-0.3, -0.25) is 4.90 Å². The second-order valence-corrected chi connectivity index (χ2v) is 2.56. The van der Waals surface area contributed by atoms with Crippen LogP contribution in [0, 0.1) is 0 Å². The SMILES string of the molecule is COCN(COC)C(=O)OC(C)OC. The lowest BCUT2D eigenvalue weighted by Crippen LogP contribution is -2.36. The van der Waals surface area contributed by atoms with Crippen LogP contribution in [0.2, 0.25) is 0 Å². The van der Waals surface area contributed by atoms with E-state index < -0.39 is 12.4 Å². The Hall–Kier alpha value is -0.850. The van der Waals surface area contributed by atoms with Gasteiger partial charge < -0.3 is 18.9 Å². The van der Waals surface area contributed by atoms with Crippen molar-refractivity contribution in [2.45, 2.75) is 13.2 Å². The molecule has 0 aliphatic rings. The van der Waals surface area contributed by atoms with Crippen LogP contribution in [0.4, 0.5) is 4.79 Å². The fourth-order valence-corrected chi connectivity index (χ4v) is 0.719. The van der Waals surface area contributed by atoms with Crippen LogP contribution in [0.25, 0.3) is 0 Å². The van der Waals surface area contributed by atoms with E-state index in [4.69, 9.17) is 18.9 Å². The van der Waals surface area contributed by atoms with Gasteiger partial charge in [0.15, 0.2) is 0 Å². The van der Waals surface area contributed by atoms with Gasteiger partial charge in [0.05, 0.1) is 0 Å². The molecular weight excluding hydrogens is 190 g/mol. The molecule has 0 saturated heterocycles. The summed E-state index contributed by atoms with van der Waals surface area (Å²) in [5.41, 5.74) is 0. The van der Waals surface area contributed by atoms with Crippen LogP contribution < -0.4 is 0 Å². The first-order valence-electron chi connectivity index (χ1n) is 4.12. The molecule has 0 N–H and O–H groups in total. The molecule has 0 saturated carbocycles. The van der Waals surface area contributed by atoms with Gasteiger partial charge in [0, 0.05) is 21.3 Å². The van der Waals surface area contributed by atoms with E-state index in [0.29, 0.717) is 0 Å². The molecule has 0 aromatic heterocycles. The quantitative estimate of drug-likeness (QED) is 0.598. The Labute approximate surface area is 83.7 Å². The summed E-state index contributed by atoms with van der Waals surface area (Å²) < 4.78 is 19.2. The van der Waals surface area contributed by atoms with E-state index >= 15 is 0 Å². The molecule has 0 spiro atoms. The average molecular weight is 207 g/mol. The second-order valence-electron chi connectivity index (χ2n) is 2.56. The zero-order valence-corrected chi connectivity index (χ0v) is 8.98. The normalized spacial score (nSPS) is 12.3. The Morgan fingerprint density at radius 1 is 1.21 bits per heavy atom. The molecule has 0 aliphatic heterocycles. The minimum absolute atomic E-state index is 0.114. The van der Waals surface area contributed by atoms with Crippen molar-refractivity contribution >= 4 is 6.09 Å². The Balaban J connectivity index is 4.00. The highest BCUT2D eigenvalue weighted by atomic mass is 16.7. The van der Waals surface area contributed by atoms with Crippen LogP contribution in [0.3, 0.4) is 0 Å². The molecule has 0 aliphatic carbocycles. The monoisotopic (exact) mass is 207 g/mol. The molecule has 0 aromatic carbocycles. The molecule has 6 heteroatoms. The smallest absolute Gasteiger partial charge is 0.415 e. The van der Waals surface area contributed by atoms with Gasteiger partial charge in [-0.1, -0.05) is 0 Å². The van der Waals surface area contributed by atoms with Crippen molar-refractivity contribution in [3.63, 3.8) is 0 Å². The maximum absolute atomic E-state index is 11.4. The zero-order chi connectivity index (χ0) is 11.0. The predicted octanol–water partition coefficient (Wildman–Crippen LogP) is 0.625. The fraction of sp³-hybridized carbons (Fsp3) is 0.875. The molecule has 0 bridgehead atoms. The Morgan fingerprint density at radius 2 is 1.71 bits per heavy atom. The minimum atomic E-state index is -0.585. The summed E-state index contributed by atoms with van der Waals surface area (Å²) in [5.74, 6) is 0. The molecule has 0 aromatic rings. The molecule has 84 valence electrons. The maximum atomic E-state index is 11.4. The van der Waals surface area contributed by atoms with E-state index in [1.807, 2.05) is 0 Å². The number of hydrogen-bond acceptors (Lipinski definition) is 5. The summed E-state index contributed by atoms with van der Waals surface area (Å²) in [4.78, 5) is 12.6. The van der Waals surface area contributed by atoms with Crippen LogP contribution in [0.15, 0.2) is 0 Å². The lowest BCUT2D eigenvalue weighted by molar-refractivity contribution is -0.0946. The van der Waals surface area contributed by atoms with E-state index in [1.54, 1.807) is 6.92 Å². The number of carbonyl (C=O) groups excluding carboxylic acids is 1. The third-order valence-corrected chi connectivity index (χ3v) is 1.43. The topological polar surface area (TPSA) is 57.2 Å². The Bertz CT molecular complexity index is 158. The predicted molar refractivity (Wildman–Crippen MR) is 48.5 cm³/mol. The first kappa shape index (κ1) is 13.2. The number of hydrogen-bond donors (Lipinski definition) is 0. The lowest BCUT2D eigenvalue weighted by Gasteiger charge is -2.21. The fourth-order valence-electron chi connectivity index (χ4n) is 0.719. The summed E-state index contributed by atoms with van der Waals surface area (Å²) in [5, 5.41) is 0. The van der Waals surface area contributed by atoms with Gasteiger partial charge in [-0.2, -0.15) is 0 Å². The molecule has 14 heavy (non-hydrogen) atoms. The first-order chi connectivity index (χ1) is 6.65. The van der Waals surface area contributed by atoms with Gasteiger partial charge in [-0.05, 0) is 6.92 Å². The molecule has 1 amide bonds. The van der Waals surface area contributed by atoms with Crippen molar-refractivity contribution in [3.05, 3.63) is 0 Å². The number of amides is 1. The summed E-state index contributed by atoms with van der Waals surface area (Å²) in [6.45, 7) is 1.85. The first-order valence-corrected chi connectivity index (χ1v) is 4.12. The van der Waals surface area contributed by atoms with Gasteiger partial charge in [-0.25, -0.2) is 4.79 Å². The van der Waals surface area contributed by atoms with E-state index in [9.17, 15) is 4.79 Å². The molecule has 1 atom stereocenters. The van der Waals surface area contributed by atoms with Gasteiger partial charge in [0.1, 0.15) is 13.5 Å². The number of ether oxygens (including phenoxy) is 4.